The van der Waals surface area contributed by atoms with E-state index in [0.29, 0.717) is 5.95 Å². The molecule has 1 unspecified atom stereocenters. The monoisotopic (exact) mass is 277 g/mol. The van der Waals surface area contributed by atoms with Gasteiger partial charge in [0.05, 0.1) is 0 Å². The Morgan fingerprint density at radius 1 is 1.26 bits per heavy atom. The third kappa shape index (κ3) is 3.33. The van der Waals surface area contributed by atoms with E-state index in [9.17, 15) is 0 Å². The minimum atomic E-state index is 0.108. The SMILES string of the molecule is Cc1cnc(NN)nc1NC(C)c1ccc(Cl)cc1. The van der Waals surface area contributed by atoms with Gasteiger partial charge in [-0.3, -0.25) is 5.43 Å². The fourth-order valence-corrected chi connectivity index (χ4v) is 1.82. The van der Waals surface area contributed by atoms with Gasteiger partial charge >= 0.3 is 0 Å². The van der Waals surface area contributed by atoms with Gasteiger partial charge in [-0.1, -0.05) is 23.7 Å². The largest absolute Gasteiger partial charge is 0.363 e. The molecule has 1 heterocycles. The molecule has 100 valence electrons. The summed E-state index contributed by atoms with van der Waals surface area (Å²) in [6.45, 7) is 4.00. The number of hydrogen-bond donors (Lipinski definition) is 3. The lowest BCUT2D eigenvalue weighted by atomic mass is 10.1. The van der Waals surface area contributed by atoms with Crippen molar-refractivity contribution in [2.75, 3.05) is 10.7 Å². The van der Waals surface area contributed by atoms with Crippen LogP contribution in [0.1, 0.15) is 24.1 Å². The molecule has 1 aromatic heterocycles. The number of benzene rings is 1. The van der Waals surface area contributed by atoms with Gasteiger partial charge in [0.1, 0.15) is 5.82 Å². The Morgan fingerprint density at radius 3 is 2.58 bits per heavy atom. The molecular formula is C13H16ClN5. The van der Waals surface area contributed by atoms with Crippen LogP contribution in [0, 0.1) is 6.92 Å². The Labute approximate surface area is 117 Å². The van der Waals surface area contributed by atoms with E-state index >= 15 is 0 Å². The van der Waals surface area contributed by atoms with E-state index in [-0.39, 0.29) is 6.04 Å². The van der Waals surface area contributed by atoms with Gasteiger partial charge in [0.15, 0.2) is 0 Å². The molecule has 0 spiro atoms. The summed E-state index contributed by atoms with van der Waals surface area (Å²) in [4.78, 5) is 8.33. The van der Waals surface area contributed by atoms with Gasteiger partial charge in [0.2, 0.25) is 5.95 Å². The number of aryl methyl sites for hydroxylation is 1. The van der Waals surface area contributed by atoms with Crippen molar-refractivity contribution < 1.29 is 0 Å². The van der Waals surface area contributed by atoms with Gasteiger partial charge in [0, 0.05) is 22.8 Å². The molecule has 4 N–H and O–H groups in total. The van der Waals surface area contributed by atoms with Crippen molar-refractivity contribution in [2.24, 2.45) is 5.84 Å². The van der Waals surface area contributed by atoms with Crippen molar-refractivity contribution in [3.8, 4) is 0 Å². The summed E-state index contributed by atoms with van der Waals surface area (Å²) >= 11 is 5.88. The van der Waals surface area contributed by atoms with Crippen molar-refractivity contribution in [3.05, 3.63) is 46.6 Å². The number of anilines is 2. The molecule has 0 aliphatic heterocycles. The van der Waals surface area contributed by atoms with Crippen LogP contribution in [0.3, 0.4) is 0 Å². The molecule has 0 aliphatic carbocycles. The van der Waals surface area contributed by atoms with E-state index in [2.05, 4.69) is 27.6 Å². The van der Waals surface area contributed by atoms with Gasteiger partial charge < -0.3 is 5.32 Å². The Bertz CT molecular complexity index is 555. The average Bonchev–Trinajstić information content (AvgIpc) is 2.42. The maximum atomic E-state index is 5.88. The first-order chi connectivity index (χ1) is 9.10. The van der Waals surface area contributed by atoms with Crippen LogP contribution in [-0.2, 0) is 0 Å². The third-order valence-corrected chi connectivity index (χ3v) is 3.08. The number of nitrogen functional groups attached to an aromatic ring is 1. The second kappa shape index (κ2) is 5.86. The molecule has 0 saturated carbocycles. The molecule has 0 radical (unpaired) electrons. The van der Waals surface area contributed by atoms with E-state index in [0.717, 1.165) is 22.0 Å². The zero-order valence-electron chi connectivity index (χ0n) is 10.8. The zero-order valence-corrected chi connectivity index (χ0v) is 11.6. The molecular weight excluding hydrogens is 262 g/mol. The maximum Gasteiger partial charge on any atom is 0.239 e. The van der Waals surface area contributed by atoms with Crippen molar-refractivity contribution in [2.45, 2.75) is 19.9 Å². The topological polar surface area (TPSA) is 75.9 Å². The fourth-order valence-electron chi connectivity index (χ4n) is 1.70. The van der Waals surface area contributed by atoms with Crippen molar-refractivity contribution >= 4 is 23.4 Å². The van der Waals surface area contributed by atoms with Gasteiger partial charge in [-0.15, -0.1) is 0 Å². The number of aromatic nitrogens is 2. The minimum absolute atomic E-state index is 0.108. The van der Waals surface area contributed by atoms with Gasteiger partial charge in [0.25, 0.3) is 0 Å². The summed E-state index contributed by atoms with van der Waals surface area (Å²) in [6.07, 6.45) is 1.72. The Hall–Kier alpha value is -1.85. The van der Waals surface area contributed by atoms with Crippen LogP contribution in [0.2, 0.25) is 5.02 Å². The lowest BCUT2D eigenvalue weighted by Gasteiger charge is -2.17. The Morgan fingerprint density at radius 2 is 1.95 bits per heavy atom. The molecule has 1 aromatic carbocycles. The molecule has 0 aliphatic rings. The Kier molecular flexibility index (Phi) is 4.19. The lowest BCUT2D eigenvalue weighted by Crippen LogP contribution is -2.14. The molecule has 0 fully saturated rings. The molecule has 19 heavy (non-hydrogen) atoms. The highest BCUT2D eigenvalue weighted by atomic mass is 35.5. The van der Waals surface area contributed by atoms with Crippen LogP contribution >= 0.6 is 11.6 Å². The number of halogens is 1. The Balaban J connectivity index is 2.18. The summed E-state index contributed by atoms with van der Waals surface area (Å²) < 4.78 is 0. The first-order valence-corrected chi connectivity index (χ1v) is 6.30. The second-order valence-electron chi connectivity index (χ2n) is 4.29. The number of rotatable bonds is 4. The van der Waals surface area contributed by atoms with E-state index in [1.807, 2.05) is 31.2 Å². The lowest BCUT2D eigenvalue weighted by molar-refractivity contribution is 0.868. The number of hydrazine groups is 1. The summed E-state index contributed by atoms with van der Waals surface area (Å²) in [5.41, 5.74) is 4.52. The highest BCUT2D eigenvalue weighted by molar-refractivity contribution is 6.30. The highest BCUT2D eigenvalue weighted by Crippen LogP contribution is 2.22. The first kappa shape index (κ1) is 13.6. The van der Waals surface area contributed by atoms with Crippen LogP contribution in [0.25, 0.3) is 0 Å². The number of nitrogens with one attached hydrogen (secondary N) is 2. The zero-order chi connectivity index (χ0) is 13.8. The molecule has 0 amide bonds. The standard InChI is InChI=1S/C13H16ClN5/c1-8-7-16-13(19-15)18-12(8)17-9(2)10-3-5-11(14)6-4-10/h3-7,9H,15H2,1-2H3,(H2,16,17,18,19). The predicted octanol–water partition coefficient (Wildman–Crippen LogP) is 2.90. The van der Waals surface area contributed by atoms with E-state index in [4.69, 9.17) is 17.4 Å². The summed E-state index contributed by atoms with van der Waals surface area (Å²) in [7, 11) is 0. The summed E-state index contributed by atoms with van der Waals surface area (Å²) in [5.74, 6) is 6.45. The van der Waals surface area contributed by atoms with Crippen LogP contribution in [0.5, 0.6) is 0 Å². The van der Waals surface area contributed by atoms with Crippen LogP contribution in [0.4, 0.5) is 11.8 Å². The van der Waals surface area contributed by atoms with Crippen LogP contribution in [0.15, 0.2) is 30.5 Å². The van der Waals surface area contributed by atoms with Gasteiger partial charge in [-0.25, -0.2) is 10.8 Å². The average molecular weight is 278 g/mol. The van der Waals surface area contributed by atoms with Crippen molar-refractivity contribution in [3.63, 3.8) is 0 Å². The van der Waals surface area contributed by atoms with Gasteiger partial charge in [-0.2, -0.15) is 4.98 Å². The highest BCUT2D eigenvalue weighted by Gasteiger charge is 2.09. The summed E-state index contributed by atoms with van der Waals surface area (Å²) in [6, 6.07) is 7.82. The number of hydrogen-bond acceptors (Lipinski definition) is 5. The van der Waals surface area contributed by atoms with E-state index < -0.39 is 0 Å². The maximum absolute atomic E-state index is 5.88. The van der Waals surface area contributed by atoms with E-state index in [1.165, 1.54) is 0 Å². The van der Waals surface area contributed by atoms with Crippen molar-refractivity contribution in [1.29, 1.82) is 0 Å². The molecule has 0 bridgehead atoms. The molecule has 2 aromatic rings. The van der Waals surface area contributed by atoms with Crippen LogP contribution in [-0.4, -0.2) is 9.97 Å². The fraction of sp³-hybridized carbons (Fsp3) is 0.231. The second-order valence-corrected chi connectivity index (χ2v) is 4.72. The molecule has 0 saturated heterocycles. The summed E-state index contributed by atoms with van der Waals surface area (Å²) in [5, 5.41) is 4.06. The van der Waals surface area contributed by atoms with E-state index in [1.54, 1.807) is 6.20 Å². The first-order valence-electron chi connectivity index (χ1n) is 5.92. The smallest absolute Gasteiger partial charge is 0.239 e. The number of nitrogens with two attached hydrogens (primary N) is 1. The molecule has 1 atom stereocenters. The van der Waals surface area contributed by atoms with Crippen molar-refractivity contribution in [1.82, 2.24) is 9.97 Å². The third-order valence-electron chi connectivity index (χ3n) is 2.82. The molecule has 5 nitrogen and oxygen atoms in total. The molecule has 6 heteroatoms. The number of nitrogens with zero attached hydrogens (tertiary/aromatic N) is 2. The molecule has 2 rings (SSSR count). The van der Waals surface area contributed by atoms with Crippen LogP contribution < -0.4 is 16.6 Å². The van der Waals surface area contributed by atoms with Gasteiger partial charge in [-0.05, 0) is 31.5 Å². The minimum Gasteiger partial charge on any atom is -0.363 e. The quantitative estimate of drug-likeness (QED) is 0.592. The normalized spacial score (nSPS) is 12.0. The predicted molar refractivity (Wildman–Crippen MR) is 78.1 cm³/mol.